The lowest BCUT2D eigenvalue weighted by molar-refractivity contribution is -0.126. The number of terminal acetylenes is 1. The molecule has 158 valence electrons. The fourth-order valence-electron chi connectivity index (χ4n) is 2.95. The van der Waals surface area contributed by atoms with E-state index in [1.54, 1.807) is 24.3 Å². The van der Waals surface area contributed by atoms with Gasteiger partial charge in [-0.15, -0.1) is 6.42 Å². The highest BCUT2D eigenvalue weighted by molar-refractivity contribution is 5.99. The van der Waals surface area contributed by atoms with E-state index in [2.05, 4.69) is 5.92 Å². The summed E-state index contributed by atoms with van der Waals surface area (Å²) in [6.07, 6.45) is 6.63. The summed E-state index contributed by atoms with van der Waals surface area (Å²) in [5.41, 5.74) is 1.78. The van der Waals surface area contributed by atoms with Crippen LogP contribution in [0.25, 0.3) is 0 Å². The second-order valence-electron chi connectivity index (χ2n) is 6.74. The van der Waals surface area contributed by atoms with Crippen LogP contribution in [0, 0.1) is 12.3 Å². The number of aromatic hydroxyl groups is 1. The predicted octanol–water partition coefficient (Wildman–Crippen LogP) is 3.52. The molecule has 2 aromatic rings. The Kier molecular flexibility index (Phi) is 8.76. The van der Waals surface area contributed by atoms with Crippen LogP contribution in [0.5, 0.6) is 23.0 Å². The molecular weight excluding hydrogens is 384 g/mol. The van der Waals surface area contributed by atoms with Gasteiger partial charge in [0.15, 0.2) is 23.0 Å². The third kappa shape index (κ3) is 6.85. The van der Waals surface area contributed by atoms with Gasteiger partial charge in [0.25, 0.3) is 0 Å². The van der Waals surface area contributed by atoms with Gasteiger partial charge in [-0.2, -0.15) is 0 Å². The molecule has 30 heavy (non-hydrogen) atoms. The van der Waals surface area contributed by atoms with Crippen molar-refractivity contribution in [2.45, 2.75) is 32.1 Å². The number of hydrogen-bond donors (Lipinski definition) is 1. The third-order valence-electron chi connectivity index (χ3n) is 4.56. The van der Waals surface area contributed by atoms with Gasteiger partial charge in [0, 0.05) is 12.8 Å². The van der Waals surface area contributed by atoms with Gasteiger partial charge in [-0.05, 0) is 48.2 Å². The zero-order valence-electron chi connectivity index (χ0n) is 17.3. The molecule has 0 unspecified atom stereocenters. The number of phenolic OH excluding ortho intramolecular Hbond substituents is 1. The van der Waals surface area contributed by atoms with Crippen molar-refractivity contribution in [1.29, 1.82) is 0 Å². The Labute approximate surface area is 176 Å². The Morgan fingerprint density at radius 1 is 0.900 bits per heavy atom. The smallest absolute Gasteiger partial charge is 0.162 e. The molecule has 6 nitrogen and oxygen atoms in total. The van der Waals surface area contributed by atoms with Crippen LogP contribution < -0.4 is 14.2 Å². The second kappa shape index (κ2) is 11.5. The number of methoxy groups -OCH3 is 2. The highest BCUT2D eigenvalue weighted by Gasteiger charge is 2.12. The highest BCUT2D eigenvalue weighted by atomic mass is 16.5. The summed E-state index contributed by atoms with van der Waals surface area (Å²) in [4.78, 5) is 24.3. The molecule has 0 bridgehead atoms. The second-order valence-corrected chi connectivity index (χ2v) is 6.74. The van der Waals surface area contributed by atoms with E-state index in [-0.39, 0.29) is 43.2 Å². The van der Waals surface area contributed by atoms with E-state index >= 15 is 0 Å². The Morgan fingerprint density at radius 2 is 1.47 bits per heavy atom. The zero-order valence-corrected chi connectivity index (χ0v) is 17.3. The molecule has 0 amide bonds. The van der Waals surface area contributed by atoms with Gasteiger partial charge in [0.1, 0.15) is 18.2 Å². The molecule has 0 aliphatic heterocycles. The van der Waals surface area contributed by atoms with Crippen LogP contribution in [0.4, 0.5) is 0 Å². The molecule has 0 radical (unpaired) electrons. The van der Waals surface area contributed by atoms with E-state index in [4.69, 9.17) is 20.6 Å². The van der Waals surface area contributed by atoms with Gasteiger partial charge in [0.2, 0.25) is 0 Å². The van der Waals surface area contributed by atoms with Crippen molar-refractivity contribution in [1.82, 2.24) is 0 Å². The number of carbonyl (C=O) groups excluding carboxylic acids is 2. The van der Waals surface area contributed by atoms with Crippen LogP contribution in [0.2, 0.25) is 0 Å². The molecule has 2 aromatic carbocycles. The summed E-state index contributed by atoms with van der Waals surface area (Å²) >= 11 is 0. The molecule has 0 saturated heterocycles. The number of hydrogen-bond acceptors (Lipinski definition) is 6. The Bertz CT molecular complexity index is 926. The van der Waals surface area contributed by atoms with Crippen LogP contribution in [-0.4, -0.2) is 37.5 Å². The molecule has 0 saturated carbocycles. The standard InChI is InChI=1S/C24H26O6/c1-4-13-30-22-12-8-18(15-24(22)29-3)6-10-20(26)16-19(25)9-5-17-7-11-21(27)23(14-17)28-2/h1,7-8,11-12,14-15,27H,5-6,9-10,13,16H2,2-3H3. The van der Waals surface area contributed by atoms with Crippen molar-refractivity contribution in [2.75, 3.05) is 20.8 Å². The minimum Gasteiger partial charge on any atom is -0.504 e. The van der Waals surface area contributed by atoms with Crippen LogP contribution in [0.1, 0.15) is 30.4 Å². The Morgan fingerprint density at radius 3 is 2.03 bits per heavy atom. The summed E-state index contributed by atoms with van der Waals surface area (Å²) in [5.74, 6) is 3.70. The van der Waals surface area contributed by atoms with Crippen LogP contribution in [0.15, 0.2) is 36.4 Å². The molecule has 0 aromatic heterocycles. The maximum atomic E-state index is 12.2. The van der Waals surface area contributed by atoms with Crippen molar-refractivity contribution in [2.24, 2.45) is 0 Å². The molecule has 0 aliphatic carbocycles. The summed E-state index contributed by atoms with van der Waals surface area (Å²) in [5, 5.41) is 9.61. The molecule has 0 heterocycles. The third-order valence-corrected chi connectivity index (χ3v) is 4.56. The molecule has 0 spiro atoms. The van der Waals surface area contributed by atoms with Crippen LogP contribution in [0.3, 0.4) is 0 Å². The molecule has 0 atom stereocenters. The van der Waals surface area contributed by atoms with Gasteiger partial charge >= 0.3 is 0 Å². The maximum Gasteiger partial charge on any atom is 0.162 e. The van der Waals surface area contributed by atoms with Gasteiger partial charge in [-0.1, -0.05) is 18.1 Å². The van der Waals surface area contributed by atoms with Gasteiger partial charge in [-0.3, -0.25) is 9.59 Å². The molecule has 1 N–H and O–H groups in total. The average molecular weight is 410 g/mol. The lowest BCUT2D eigenvalue weighted by Gasteiger charge is -2.10. The first-order valence-electron chi connectivity index (χ1n) is 9.59. The van der Waals surface area contributed by atoms with Crippen molar-refractivity contribution < 1.29 is 28.9 Å². The Hall–Kier alpha value is -3.46. The summed E-state index contributed by atoms with van der Waals surface area (Å²) in [6.45, 7) is 0.146. The summed E-state index contributed by atoms with van der Waals surface area (Å²) in [7, 11) is 3.01. The fourth-order valence-corrected chi connectivity index (χ4v) is 2.95. The number of ether oxygens (including phenoxy) is 3. The fraction of sp³-hybridized carbons (Fsp3) is 0.333. The number of ketones is 2. The maximum absolute atomic E-state index is 12.2. The monoisotopic (exact) mass is 410 g/mol. The molecule has 0 aliphatic rings. The van der Waals surface area contributed by atoms with E-state index < -0.39 is 0 Å². The number of rotatable bonds is 12. The first-order valence-corrected chi connectivity index (χ1v) is 9.59. The van der Waals surface area contributed by atoms with Gasteiger partial charge in [0.05, 0.1) is 20.6 Å². The topological polar surface area (TPSA) is 82.1 Å². The largest absolute Gasteiger partial charge is 0.504 e. The van der Waals surface area contributed by atoms with Crippen LogP contribution >= 0.6 is 0 Å². The quantitative estimate of drug-likeness (QED) is 0.426. The van der Waals surface area contributed by atoms with Gasteiger partial charge in [-0.25, -0.2) is 0 Å². The van der Waals surface area contributed by atoms with Crippen molar-refractivity contribution in [3.05, 3.63) is 47.5 Å². The molecule has 6 heteroatoms. The zero-order chi connectivity index (χ0) is 21.9. The van der Waals surface area contributed by atoms with E-state index in [0.717, 1.165) is 11.1 Å². The molecular formula is C24H26O6. The highest BCUT2D eigenvalue weighted by Crippen LogP contribution is 2.29. The van der Waals surface area contributed by atoms with E-state index in [0.29, 0.717) is 30.1 Å². The van der Waals surface area contributed by atoms with Crippen LogP contribution in [-0.2, 0) is 22.4 Å². The first-order chi connectivity index (χ1) is 14.5. The van der Waals surface area contributed by atoms with Crippen molar-refractivity contribution in [3.63, 3.8) is 0 Å². The SMILES string of the molecule is C#CCOc1ccc(CCC(=O)CC(=O)CCc2ccc(O)c(OC)c2)cc1OC. The number of aryl methyl sites for hydroxylation is 2. The number of benzene rings is 2. The van der Waals surface area contributed by atoms with Gasteiger partial charge < -0.3 is 19.3 Å². The number of carbonyl (C=O) groups is 2. The average Bonchev–Trinajstić information content (AvgIpc) is 2.75. The molecule has 0 fully saturated rings. The lowest BCUT2D eigenvalue weighted by atomic mass is 10.0. The predicted molar refractivity (Wildman–Crippen MR) is 113 cm³/mol. The Balaban J connectivity index is 1.81. The van der Waals surface area contributed by atoms with Crippen molar-refractivity contribution in [3.8, 4) is 35.3 Å². The summed E-state index contributed by atoms with van der Waals surface area (Å²) < 4.78 is 15.8. The number of phenols is 1. The first kappa shape index (κ1) is 22.8. The van der Waals surface area contributed by atoms with Crippen molar-refractivity contribution >= 4 is 11.6 Å². The molecule has 2 rings (SSSR count). The minimum absolute atomic E-state index is 0.0510. The summed E-state index contributed by atoms with van der Waals surface area (Å²) in [6, 6.07) is 10.4. The minimum atomic E-state index is -0.109. The lowest BCUT2D eigenvalue weighted by Crippen LogP contribution is -2.09. The van der Waals surface area contributed by atoms with E-state index in [1.165, 1.54) is 20.3 Å². The number of Topliss-reactive ketones (excluding diaryl/α,β-unsaturated/α-hetero) is 2. The van der Waals surface area contributed by atoms with E-state index in [9.17, 15) is 14.7 Å². The normalized spacial score (nSPS) is 10.2. The van der Waals surface area contributed by atoms with E-state index in [1.807, 2.05) is 6.07 Å².